The summed E-state index contributed by atoms with van der Waals surface area (Å²) in [4.78, 5) is 32.2. The molecule has 6 aromatic rings. The van der Waals surface area contributed by atoms with Crippen molar-refractivity contribution in [3.8, 4) is 22.9 Å². The van der Waals surface area contributed by atoms with Gasteiger partial charge in [-0.3, -0.25) is 24.8 Å². The van der Waals surface area contributed by atoms with Gasteiger partial charge in [-0.25, -0.2) is 9.78 Å². The number of phenols is 3. The van der Waals surface area contributed by atoms with Gasteiger partial charge in [0, 0.05) is 61.1 Å². The van der Waals surface area contributed by atoms with Crippen LogP contribution in [0, 0.1) is 27.2 Å². The number of phenolic OH excluding ortho intramolecular Hbond substituents is 3. The summed E-state index contributed by atoms with van der Waals surface area (Å²) >= 11 is 0. The number of aliphatic hydroxyl groups is 4. The molecule has 0 unspecified atom stereocenters. The number of aliphatic hydroxyl groups excluding tert-OH is 4. The summed E-state index contributed by atoms with van der Waals surface area (Å²) in [5.74, 6) is -0.891. The van der Waals surface area contributed by atoms with Crippen LogP contribution >= 0.6 is 0 Å². The monoisotopic (exact) mass is 991 g/mol. The van der Waals surface area contributed by atoms with Gasteiger partial charge in [0.05, 0.1) is 59.0 Å². The summed E-state index contributed by atoms with van der Waals surface area (Å²) in [6.07, 6.45) is 0. The number of azo groups is 2. The molecule has 1 heterocycles. The van der Waals surface area contributed by atoms with Crippen LogP contribution in [0.4, 0.5) is 34.1 Å². The molecule has 0 bridgehead atoms. The number of nitrogens with zero attached hydrogens (tertiary/aromatic N) is 8. The number of benzene rings is 5. The Balaban J connectivity index is 0.00000103. The zero-order valence-corrected chi connectivity index (χ0v) is 37.3. The fourth-order valence-corrected chi connectivity index (χ4v) is 5.57. The fourth-order valence-electron chi connectivity index (χ4n) is 5.09. The Labute approximate surface area is 394 Å². The first-order valence-electron chi connectivity index (χ1n) is 19.2. The average Bonchev–Trinajstić information content (AvgIpc) is 3.58. The normalized spacial score (nSPS) is 10.9. The zero-order valence-electron chi connectivity index (χ0n) is 37.2. The number of aromatic nitrogens is 2. The first kappa shape index (κ1) is 56.1. The maximum atomic E-state index is 12.5. The van der Waals surface area contributed by atoms with Crippen molar-refractivity contribution in [3.05, 3.63) is 133 Å². The molecule has 0 aliphatic carbocycles. The molecule has 0 aliphatic rings. The van der Waals surface area contributed by atoms with Gasteiger partial charge in [-0.15, -0.1) is 15.9 Å². The number of fused-ring (bicyclic) bond motifs is 1. The number of aromatic hydroxyl groups is 3. The van der Waals surface area contributed by atoms with E-state index in [4.69, 9.17) is 25.0 Å². The Morgan fingerprint density at radius 2 is 1.19 bits per heavy atom. The number of hydrogen-bond acceptors (Lipinski definition) is 21. The van der Waals surface area contributed by atoms with Gasteiger partial charge in [0.2, 0.25) is 0 Å². The molecule has 1 aromatic heterocycles. The standard InChI is InChI=1S/C16H12N5O7S.C16H11N3O4.2C4H11NO2.Cr/c1-9-15(18-17-13-7-4-11(21(24)25)8-14(13)22)16(23)20(19-9)10-2-5-12(6-3-10)29(26,27)28;20-14-8-5-10-3-1-2-4-12(10)16(14)18-17-13-7-6-11(19(22)23)9-15(13)21;2*6-3-1-5-2-4-7;/h2-8,22H,1H3,(H,26,27,28);1-9,20-21H;2*5-7H,1-4H2;/q-1;;;;/p+2. The third kappa shape index (κ3) is 17.4. The quantitative estimate of drug-likeness (QED) is 0.0160. The van der Waals surface area contributed by atoms with Crippen LogP contribution in [0.3, 0.4) is 0 Å². The van der Waals surface area contributed by atoms with Crippen LogP contribution in [0.25, 0.3) is 16.5 Å². The van der Waals surface area contributed by atoms with Crippen LogP contribution in [0.15, 0.2) is 127 Å². The molecule has 0 saturated carbocycles. The van der Waals surface area contributed by atoms with Crippen LogP contribution < -0.4 is 16.2 Å². The predicted octanol–water partition coefficient (Wildman–Crippen LogP) is 4.45. The van der Waals surface area contributed by atoms with E-state index in [0.717, 1.165) is 40.4 Å². The molecular weight excluding hydrogens is 945 g/mol. The minimum absolute atomic E-state index is 0. The Morgan fingerprint density at radius 1 is 0.701 bits per heavy atom. The Bertz CT molecular complexity index is 2780. The number of rotatable bonds is 16. The van der Waals surface area contributed by atoms with Crippen LogP contribution in [0.1, 0.15) is 8.55 Å². The number of hydrogen-bond donors (Lipinski definition) is 10. The van der Waals surface area contributed by atoms with Crippen LogP contribution in [0.2, 0.25) is 0 Å². The maximum Gasteiger partial charge on any atom is 1.00 e. The second kappa shape index (κ2) is 28.1. The topological polar surface area (TPSA) is 391 Å². The van der Waals surface area contributed by atoms with Crippen LogP contribution in [-0.4, -0.2) is 121 Å². The van der Waals surface area contributed by atoms with Crippen LogP contribution in [-0.2, 0) is 27.5 Å². The molecule has 0 radical (unpaired) electrons. The van der Waals surface area contributed by atoms with E-state index in [9.17, 15) is 48.8 Å². The third-order valence-corrected chi connectivity index (χ3v) is 9.12. The molecule has 0 fully saturated rings. The summed E-state index contributed by atoms with van der Waals surface area (Å²) in [5.41, 5.74) is -0.681. The Hall–Kier alpha value is -7.03. The molecule has 0 atom stereocenters. The Morgan fingerprint density at radius 3 is 1.66 bits per heavy atom. The van der Waals surface area contributed by atoms with E-state index in [2.05, 4.69) is 36.2 Å². The van der Waals surface area contributed by atoms with Crippen molar-refractivity contribution in [1.29, 1.82) is 0 Å². The fraction of sp³-hybridized carbons (Fsp3) is 0.225. The predicted molar refractivity (Wildman–Crippen MR) is 240 cm³/mol. The van der Waals surface area contributed by atoms with Crippen molar-refractivity contribution in [2.75, 3.05) is 52.6 Å². The van der Waals surface area contributed by atoms with Gasteiger partial charge < -0.3 is 56.3 Å². The molecule has 25 nitrogen and oxygen atoms in total. The molecule has 0 saturated heterocycles. The first-order valence-corrected chi connectivity index (χ1v) is 20.6. The smallest absolute Gasteiger partial charge is 0.506 e. The van der Waals surface area contributed by atoms with E-state index in [0.29, 0.717) is 31.6 Å². The summed E-state index contributed by atoms with van der Waals surface area (Å²) < 4.78 is 32.2. The third-order valence-electron chi connectivity index (χ3n) is 8.26. The molecule has 6 rings (SSSR count). The molecule has 358 valence electrons. The SMILES string of the molecule is Cc1nn(-c2ccc(S(=O)(=O)O)cc2)c(=O)[c-]1N=Nc1ccc([N+](=O)[O-])cc1O.O=[N+]([O-])c1ccc(N=Nc2c(O)ccc3ccccc23)c(O)c1.OCCNCCO.OCCNCCO.[Cr].[H+].[H+]. The number of nitro benzene ring substituents is 2. The van der Waals surface area contributed by atoms with E-state index in [-0.39, 0.29) is 109 Å². The number of nitro groups is 2. The molecule has 0 amide bonds. The second-order valence-electron chi connectivity index (χ2n) is 12.9. The van der Waals surface area contributed by atoms with Crippen molar-refractivity contribution in [2.45, 2.75) is 11.8 Å². The molecule has 5 aromatic carbocycles. The van der Waals surface area contributed by atoms with E-state index in [1.54, 1.807) is 12.1 Å². The molecule has 0 aliphatic heterocycles. The largest absolute Gasteiger partial charge is 1.00 e. The van der Waals surface area contributed by atoms with Gasteiger partial charge in [0.25, 0.3) is 21.5 Å². The molecule has 10 N–H and O–H groups in total. The number of aryl methyl sites for hydroxylation is 1. The minimum atomic E-state index is -4.37. The number of nitrogens with one attached hydrogen (secondary N) is 2. The van der Waals surface area contributed by atoms with Gasteiger partial charge in [-0.2, -0.15) is 13.5 Å². The summed E-state index contributed by atoms with van der Waals surface area (Å²) in [6.45, 7) is 4.33. The maximum absolute atomic E-state index is 12.5. The van der Waals surface area contributed by atoms with Crippen LogP contribution in [0.5, 0.6) is 17.2 Å². The summed E-state index contributed by atoms with van der Waals surface area (Å²) in [6, 6.07) is 22.1. The van der Waals surface area contributed by atoms with E-state index >= 15 is 0 Å². The summed E-state index contributed by atoms with van der Waals surface area (Å²) in [7, 11) is -4.37. The molecule has 67 heavy (non-hydrogen) atoms. The average molecular weight is 992 g/mol. The summed E-state index contributed by atoms with van der Waals surface area (Å²) in [5, 5.41) is 110. The second-order valence-corrected chi connectivity index (χ2v) is 14.4. The van der Waals surface area contributed by atoms with E-state index < -0.39 is 31.3 Å². The van der Waals surface area contributed by atoms with Gasteiger partial charge in [0.1, 0.15) is 39.9 Å². The van der Waals surface area contributed by atoms with Gasteiger partial charge in [-0.1, -0.05) is 42.9 Å². The number of non-ortho nitro benzene ring substituents is 2. The van der Waals surface area contributed by atoms with Crippen molar-refractivity contribution in [3.63, 3.8) is 0 Å². The first-order chi connectivity index (χ1) is 31.5. The van der Waals surface area contributed by atoms with E-state index in [1.165, 1.54) is 43.3 Å². The minimum Gasteiger partial charge on any atom is -0.506 e. The molecule has 27 heteroatoms. The van der Waals surface area contributed by atoms with Gasteiger partial charge in [-0.05, 0) is 47.9 Å². The van der Waals surface area contributed by atoms with Gasteiger partial charge >= 0.3 is 2.85 Å². The van der Waals surface area contributed by atoms with E-state index in [1.807, 2.05) is 18.2 Å². The van der Waals surface area contributed by atoms with Crippen molar-refractivity contribution in [2.24, 2.45) is 20.5 Å². The van der Waals surface area contributed by atoms with Crippen molar-refractivity contribution < 1.29 is 78.8 Å². The van der Waals surface area contributed by atoms with Crippen molar-refractivity contribution in [1.82, 2.24) is 20.4 Å². The van der Waals surface area contributed by atoms with Gasteiger partial charge in [0.15, 0.2) is 0 Å². The molecular formula is C40H47CrN10O15S+. The molecule has 0 spiro atoms. The Kier molecular flexibility index (Phi) is 23.5. The zero-order chi connectivity index (χ0) is 48.8. The van der Waals surface area contributed by atoms with Crippen molar-refractivity contribution >= 4 is 55.0 Å².